The van der Waals surface area contributed by atoms with Crippen molar-refractivity contribution in [2.75, 3.05) is 12.3 Å². The molecule has 1 aliphatic rings. The average molecular weight is 468 g/mol. The van der Waals surface area contributed by atoms with Crippen LogP contribution in [0.25, 0.3) is 0 Å². The second-order valence-corrected chi connectivity index (χ2v) is 9.78. The summed E-state index contributed by atoms with van der Waals surface area (Å²) in [5.41, 5.74) is -0.0888. The lowest BCUT2D eigenvalue weighted by Gasteiger charge is -2.24. The molecule has 2 amide bonds. The summed E-state index contributed by atoms with van der Waals surface area (Å²) in [5, 5.41) is 2.67. The first kappa shape index (κ1) is 23.8. The van der Waals surface area contributed by atoms with Crippen LogP contribution in [0.15, 0.2) is 53.4 Å². The number of amides is 2. The van der Waals surface area contributed by atoms with Crippen molar-refractivity contribution in [2.24, 2.45) is 0 Å². The molecule has 3 rings (SSSR count). The van der Waals surface area contributed by atoms with E-state index in [9.17, 15) is 31.2 Å². The third-order valence-electron chi connectivity index (χ3n) is 5.38. The number of rotatable bonds is 6. The molecule has 172 valence electrons. The SMILES string of the molecule is CCS(=O)(=O)c1cccc(C(=O)N2CCC[C@H]2C(=O)NCc2ccc(C(F)(F)F)cc2)c1. The zero-order valence-electron chi connectivity index (χ0n) is 17.4. The van der Waals surface area contributed by atoms with Crippen molar-refractivity contribution in [2.45, 2.75) is 43.4 Å². The molecule has 32 heavy (non-hydrogen) atoms. The average Bonchev–Trinajstić information content (AvgIpc) is 3.26. The van der Waals surface area contributed by atoms with E-state index >= 15 is 0 Å². The molecule has 1 aliphatic heterocycles. The molecule has 0 aliphatic carbocycles. The highest BCUT2D eigenvalue weighted by Gasteiger charge is 2.35. The standard InChI is InChI=1S/C22H23F3N2O4S/c1-2-32(30,31)18-6-3-5-16(13-18)21(29)27-12-4-7-19(27)20(28)26-14-15-8-10-17(11-9-15)22(23,24)25/h3,5-6,8-11,13,19H,2,4,7,12,14H2,1H3,(H,26,28)/t19-/m0/s1. The Labute approximate surface area is 184 Å². The highest BCUT2D eigenvalue weighted by atomic mass is 32.2. The van der Waals surface area contributed by atoms with Crippen LogP contribution in [0.1, 0.15) is 41.3 Å². The lowest BCUT2D eigenvalue weighted by Crippen LogP contribution is -2.45. The third kappa shape index (κ3) is 5.29. The molecule has 10 heteroatoms. The van der Waals surface area contributed by atoms with E-state index in [1.807, 2.05) is 0 Å². The Balaban J connectivity index is 1.68. The van der Waals surface area contributed by atoms with Crippen LogP contribution in [0, 0.1) is 0 Å². The number of benzene rings is 2. The van der Waals surface area contributed by atoms with Gasteiger partial charge in [0, 0.05) is 18.7 Å². The Hall–Kier alpha value is -2.88. The smallest absolute Gasteiger partial charge is 0.350 e. The molecule has 2 aromatic carbocycles. The highest BCUT2D eigenvalue weighted by molar-refractivity contribution is 7.91. The van der Waals surface area contributed by atoms with Crippen molar-refractivity contribution in [1.82, 2.24) is 10.2 Å². The number of likely N-dealkylation sites (tertiary alicyclic amines) is 1. The van der Waals surface area contributed by atoms with E-state index in [2.05, 4.69) is 5.32 Å². The fourth-order valence-electron chi connectivity index (χ4n) is 3.56. The van der Waals surface area contributed by atoms with Crippen LogP contribution in [0.3, 0.4) is 0 Å². The van der Waals surface area contributed by atoms with Gasteiger partial charge in [-0.2, -0.15) is 13.2 Å². The molecule has 1 atom stereocenters. The van der Waals surface area contributed by atoms with Gasteiger partial charge in [-0.05, 0) is 48.7 Å². The number of carbonyl (C=O) groups excluding carboxylic acids is 2. The largest absolute Gasteiger partial charge is 0.416 e. The molecule has 6 nitrogen and oxygen atoms in total. The minimum absolute atomic E-state index is 0.0275. The maximum atomic E-state index is 13.0. The van der Waals surface area contributed by atoms with Crippen molar-refractivity contribution in [1.29, 1.82) is 0 Å². The van der Waals surface area contributed by atoms with E-state index in [1.54, 1.807) is 0 Å². The van der Waals surface area contributed by atoms with Crippen LogP contribution in [0.2, 0.25) is 0 Å². The number of nitrogens with one attached hydrogen (secondary N) is 1. The Morgan fingerprint density at radius 3 is 2.44 bits per heavy atom. The van der Waals surface area contributed by atoms with Crippen LogP contribution < -0.4 is 5.32 Å². The van der Waals surface area contributed by atoms with Gasteiger partial charge in [0.05, 0.1) is 16.2 Å². The van der Waals surface area contributed by atoms with Crippen molar-refractivity contribution >= 4 is 21.7 Å². The fraction of sp³-hybridized carbons (Fsp3) is 0.364. The Bertz CT molecular complexity index is 1100. The molecule has 0 saturated carbocycles. The van der Waals surface area contributed by atoms with E-state index < -0.39 is 39.4 Å². The molecule has 0 aromatic heterocycles. The maximum Gasteiger partial charge on any atom is 0.416 e. The first-order chi connectivity index (χ1) is 15.0. The van der Waals surface area contributed by atoms with E-state index in [4.69, 9.17) is 0 Å². The van der Waals surface area contributed by atoms with Crippen molar-refractivity contribution in [3.8, 4) is 0 Å². The zero-order chi connectivity index (χ0) is 23.5. The summed E-state index contributed by atoms with van der Waals surface area (Å²) in [7, 11) is -3.48. The van der Waals surface area contributed by atoms with Gasteiger partial charge in [-0.15, -0.1) is 0 Å². The van der Waals surface area contributed by atoms with Gasteiger partial charge in [0.2, 0.25) is 5.91 Å². The first-order valence-corrected chi connectivity index (χ1v) is 11.8. The minimum Gasteiger partial charge on any atom is -0.350 e. The number of sulfone groups is 1. The molecular formula is C22H23F3N2O4S. The van der Waals surface area contributed by atoms with Gasteiger partial charge in [0.1, 0.15) is 6.04 Å². The third-order valence-corrected chi connectivity index (χ3v) is 7.12. The normalized spacial score (nSPS) is 16.8. The molecule has 0 bridgehead atoms. The van der Waals surface area contributed by atoms with Gasteiger partial charge < -0.3 is 10.2 Å². The molecule has 2 aromatic rings. The summed E-state index contributed by atoms with van der Waals surface area (Å²) in [6.45, 7) is 1.89. The summed E-state index contributed by atoms with van der Waals surface area (Å²) in [6.07, 6.45) is -3.38. The lowest BCUT2D eigenvalue weighted by molar-refractivity contribution is -0.137. The number of alkyl halides is 3. The molecule has 0 radical (unpaired) electrons. The van der Waals surface area contributed by atoms with E-state index in [0.717, 1.165) is 12.1 Å². The predicted molar refractivity (Wildman–Crippen MR) is 112 cm³/mol. The lowest BCUT2D eigenvalue weighted by atomic mass is 10.1. The molecule has 0 unspecified atom stereocenters. The monoisotopic (exact) mass is 468 g/mol. The molecular weight excluding hydrogens is 445 g/mol. The van der Waals surface area contributed by atoms with E-state index in [-0.39, 0.29) is 22.8 Å². The van der Waals surface area contributed by atoms with Crippen LogP contribution in [0.4, 0.5) is 13.2 Å². The van der Waals surface area contributed by atoms with Gasteiger partial charge >= 0.3 is 6.18 Å². The molecule has 1 fully saturated rings. The van der Waals surface area contributed by atoms with Gasteiger partial charge in [0.15, 0.2) is 9.84 Å². The molecule has 1 heterocycles. The Morgan fingerprint density at radius 2 is 1.81 bits per heavy atom. The Kier molecular flexibility index (Phi) is 6.92. The zero-order valence-corrected chi connectivity index (χ0v) is 18.2. The van der Waals surface area contributed by atoms with Crippen LogP contribution >= 0.6 is 0 Å². The number of nitrogens with zero attached hydrogens (tertiary/aromatic N) is 1. The predicted octanol–water partition coefficient (Wildman–Crippen LogP) is 3.42. The number of hydrogen-bond acceptors (Lipinski definition) is 4. The second kappa shape index (κ2) is 9.32. The van der Waals surface area contributed by atoms with Gasteiger partial charge in [-0.1, -0.05) is 25.1 Å². The van der Waals surface area contributed by atoms with Gasteiger partial charge in [0.25, 0.3) is 5.91 Å². The van der Waals surface area contributed by atoms with Crippen molar-refractivity contribution in [3.05, 3.63) is 65.2 Å². The first-order valence-electron chi connectivity index (χ1n) is 10.1. The summed E-state index contributed by atoms with van der Waals surface area (Å²) in [5.74, 6) is -0.943. The van der Waals surface area contributed by atoms with E-state index in [0.29, 0.717) is 24.9 Å². The van der Waals surface area contributed by atoms with Crippen LogP contribution in [-0.2, 0) is 27.4 Å². The fourth-order valence-corrected chi connectivity index (χ4v) is 4.48. The highest BCUT2D eigenvalue weighted by Crippen LogP contribution is 2.29. The summed E-state index contributed by atoms with van der Waals surface area (Å²) in [4.78, 5) is 27.1. The summed E-state index contributed by atoms with van der Waals surface area (Å²) in [6, 6.07) is 9.49. The van der Waals surface area contributed by atoms with Gasteiger partial charge in [-0.3, -0.25) is 9.59 Å². The molecule has 1 N–H and O–H groups in total. The van der Waals surface area contributed by atoms with Crippen molar-refractivity contribution < 1.29 is 31.2 Å². The van der Waals surface area contributed by atoms with Crippen LogP contribution in [0.5, 0.6) is 0 Å². The van der Waals surface area contributed by atoms with Crippen molar-refractivity contribution in [3.63, 3.8) is 0 Å². The van der Waals surface area contributed by atoms with Gasteiger partial charge in [-0.25, -0.2) is 8.42 Å². The summed E-state index contributed by atoms with van der Waals surface area (Å²) < 4.78 is 62.2. The minimum atomic E-state index is -4.43. The molecule has 1 saturated heterocycles. The number of carbonyl (C=O) groups is 2. The second-order valence-electron chi connectivity index (χ2n) is 7.50. The van der Waals surface area contributed by atoms with Crippen LogP contribution in [-0.4, -0.2) is 43.5 Å². The number of halogens is 3. The topological polar surface area (TPSA) is 83.6 Å². The maximum absolute atomic E-state index is 13.0. The quantitative estimate of drug-likeness (QED) is 0.704. The summed E-state index contributed by atoms with van der Waals surface area (Å²) >= 11 is 0. The van der Waals surface area contributed by atoms with E-state index in [1.165, 1.54) is 48.2 Å². The molecule has 0 spiro atoms. The number of hydrogen-bond donors (Lipinski definition) is 1. The Morgan fingerprint density at radius 1 is 1.12 bits per heavy atom.